The van der Waals surface area contributed by atoms with Crippen LogP contribution in [0.3, 0.4) is 0 Å². The molecule has 3 aliphatic rings. The molecule has 9 nitrogen and oxygen atoms in total. The summed E-state index contributed by atoms with van der Waals surface area (Å²) in [6.07, 6.45) is 7.98. The molecular formula is C25H32BrN7O2. The fraction of sp³-hybridized carbons (Fsp3) is 0.480. The van der Waals surface area contributed by atoms with Crippen molar-refractivity contribution in [3.8, 4) is 0 Å². The number of nitrogens with one attached hydrogen (secondary N) is 2. The zero-order valence-corrected chi connectivity index (χ0v) is 21.6. The van der Waals surface area contributed by atoms with E-state index in [1.54, 1.807) is 11.1 Å². The highest BCUT2D eigenvalue weighted by Gasteiger charge is 2.28. The molecule has 2 aromatic rings. The van der Waals surface area contributed by atoms with Crippen LogP contribution in [0.25, 0.3) is 0 Å². The third-order valence-electron chi connectivity index (χ3n) is 6.66. The molecule has 0 atom stereocenters. The maximum atomic E-state index is 11.7. The van der Waals surface area contributed by atoms with E-state index >= 15 is 0 Å². The van der Waals surface area contributed by atoms with Gasteiger partial charge in [-0.1, -0.05) is 0 Å². The van der Waals surface area contributed by atoms with Gasteiger partial charge in [0.25, 0.3) is 0 Å². The third-order valence-corrected chi connectivity index (χ3v) is 7.24. The van der Waals surface area contributed by atoms with Crippen molar-refractivity contribution in [2.75, 3.05) is 68.4 Å². The molecular weight excluding hydrogens is 510 g/mol. The van der Waals surface area contributed by atoms with Crippen LogP contribution in [-0.4, -0.2) is 78.7 Å². The van der Waals surface area contributed by atoms with Crippen molar-refractivity contribution in [2.24, 2.45) is 0 Å². The highest BCUT2D eigenvalue weighted by molar-refractivity contribution is 9.10. The first-order valence-electron chi connectivity index (χ1n) is 12.3. The van der Waals surface area contributed by atoms with Gasteiger partial charge in [-0.05, 0) is 78.0 Å². The number of nitrogens with zero attached hydrogens (tertiary/aromatic N) is 5. The second-order valence-electron chi connectivity index (χ2n) is 9.33. The van der Waals surface area contributed by atoms with E-state index < -0.39 is 0 Å². The number of cyclic esters (lactones) is 1. The van der Waals surface area contributed by atoms with Gasteiger partial charge >= 0.3 is 6.09 Å². The summed E-state index contributed by atoms with van der Waals surface area (Å²) in [7, 11) is 2.18. The van der Waals surface area contributed by atoms with Crippen molar-refractivity contribution in [3.63, 3.8) is 0 Å². The fourth-order valence-corrected chi connectivity index (χ4v) is 4.75. The summed E-state index contributed by atoms with van der Waals surface area (Å²) in [5.74, 6) is 1.90. The molecule has 0 unspecified atom stereocenters. The number of aromatic nitrogens is 2. The molecule has 3 heterocycles. The van der Waals surface area contributed by atoms with E-state index in [1.165, 1.54) is 30.4 Å². The Morgan fingerprint density at radius 1 is 1.20 bits per heavy atom. The first-order valence-corrected chi connectivity index (χ1v) is 13.1. The molecule has 1 aliphatic carbocycles. The van der Waals surface area contributed by atoms with Gasteiger partial charge in [0.1, 0.15) is 5.82 Å². The van der Waals surface area contributed by atoms with E-state index in [9.17, 15) is 4.79 Å². The number of piperazine rings is 1. The predicted octanol–water partition coefficient (Wildman–Crippen LogP) is 4.38. The van der Waals surface area contributed by atoms with Crippen LogP contribution in [0, 0.1) is 0 Å². The average molecular weight is 542 g/mol. The van der Waals surface area contributed by atoms with Gasteiger partial charge in [0.15, 0.2) is 0 Å². The van der Waals surface area contributed by atoms with Crippen molar-refractivity contribution in [1.82, 2.24) is 19.8 Å². The molecule has 0 spiro atoms. The van der Waals surface area contributed by atoms with Crippen LogP contribution < -0.4 is 15.5 Å². The molecule has 1 aromatic heterocycles. The smallest absolute Gasteiger partial charge is 0.414 e. The van der Waals surface area contributed by atoms with Gasteiger partial charge in [-0.3, -0.25) is 0 Å². The highest BCUT2D eigenvalue weighted by atomic mass is 79.9. The van der Waals surface area contributed by atoms with Crippen LogP contribution in [0.2, 0.25) is 0 Å². The number of anilines is 4. The maximum Gasteiger partial charge on any atom is 0.414 e. The van der Waals surface area contributed by atoms with Crippen molar-refractivity contribution in [1.29, 1.82) is 0 Å². The van der Waals surface area contributed by atoms with E-state index in [2.05, 4.69) is 66.6 Å². The van der Waals surface area contributed by atoms with E-state index in [4.69, 9.17) is 9.72 Å². The second-order valence-corrected chi connectivity index (χ2v) is 10.2. The zero-order chi connectivity index (χ0) is 24.2. The number of hydrogen-bond acceptors (Lipinski definition) is 8. The Kier molecular flexibility index (Phi) is 7.38. The van der Waals surface area contributed by atoms with E-state index in [-0.39, 0.29) is 6.09 Å². The van der Waals surface area contributed by atoms with Gasteiger partial charge < -0.3 is 30.1 Å². The lowest BCUT2D eigenvalue weighted by Gasteiger charge is -2.34. The number of rotatable bonds is 9. The molecule has 0 bridgehead atoms. The Labute approximate surface area is 214 Å². The summed E-state index contributed by atoms with van der Waals surface area (Å²) >= 11 is 3.54. The van der Waals surface area contributed by atoms with E-state index in [0.29, 0.717) is 31.5 Å². The summed E-state index contributed by atoms with van der Waals surface area (Å²) in [4.78, 5) is 27.4. The van der Waals surface area contributed by atoms with Crippen LogP contribution in [-0.2, 0) is 4.74 Å². The first-order chi connectivity index (χ1) is 17.1. The molecule has 10 heteroatoms. The first kappa shape index (κ1) is 23.9. The molecule has 186 valence electrons. The summed E-state index contributed by atoms with van der Waals surface area (Å²) < 4.78 is 5.72. The summed E-state index contributed by atoms with van der Waals surface area (Å²) in [5.41, 5.74) is 3.73. The number of hydrogen-bond donors (Lipinski definition) is 2. The number of likely N-dealkylation sites (N-methyl/N-ethyl adjacent to an activating group) is 1. The molecule has 1 aromatic carbocycles. The van der Waals surface area contributed by atoms with Gasteiger partial charge in [-0.25, -0.2) is 9.78 Å². The summed E-state index contributed by atoms with van der Waals surface area (Å²) in [6, 6.07) is 6.73. The van der Waals surface area contributed by atoms with Gasteiger partial charge in [-0.15, -0.1) is 0 Å². The minimum Gasteiger partial charge on any atom is -0.418 e. The van der Waals surface area contributed by atoms with E-state index in [1.807, 2.05) is 6.08 Å². The minimum absolute atomic E-state index is 0.299. The Morgan fingerprint density at radius 2 is 2.03 bits per heavy atom. The SMILES string of the molecule is CN1CCN(c2ccc(Nc3ncc(Br)c(NCCCN4CC=COC4=O)n3)c(C3CC3)c2)CC1. The van der Waals surface area contributed by atoms with Crippen LogP contribution in [0.15, 0.2) is 41.2 Å². The molecule has 1 saturated carbocycles. The lowest BCUT2D eigenvalue weighted by Crippen LogP contribution is -2.44. The van der Waals surface area contributed by atoms with Gasteiger partial charge in [0.2, 0.25) is 5.95 Å². The number of carbonyl (C=O) groups is 1. The summed E-state index contributed by atoms with van der Waals surface area (Å²) in [6.45, 7) is 6.20. The maximum absolute atomic E-state index is 11.7. The topological polar surface area (TPSA) is 85.9 Å². The molecule has 35 heavy (non-hydrogen) atoms. The molecule has 5 rings (SSSR count). The number of amides is 1. The van der Waals surface area contributed by atoms with Gasteiger partial charge in [0.05, 0.1) is 10.7 Å². The van der Waals surface area contributed by atoms with Crippen molar-refractivity contribution in [3.05, 3.63) is 46.8 Å². The normalized spacial score (nSPS) is 18.5. The van der Waals surface area contributed by atoms with Crippen LogP contribution in [0.5, 0.6) is 0 Å². The van der Waals surface area contributed by atoms with Crippen LogP contribution >= 0.6 is 15.9 Å². The molecule has 0 radical (unpaired) electrons. The van der Waals surface area contributed by atoms with E-state index in [0.717, 1.165) is 48.6 Å². The fourth-order valence-electron chi connectivity index (χ4n) is 4.41. The monoisotopic (exact) mass is 541 g/mol. The third kappa shape index (κ3) is 6.05. The molecule has 2 N–H and O–H groups in total. The Hall–Kier alpha value is -2.85. The van der Waals surface area contributed by atoms with Crippen molar-refractivity contribution in [2.45, 2.75) is 25.2 Å². The number of ether oxygens (including phenoxy) is 1. The molecule has 2 aliphatic heterocycles. The Morgan fingerprint density at radius 3 is 2.80 bits per heavy atom. The minimum atomic E-state index is -0.299. The van der Waals surface area contributed by atoms with Crippen molar-refractivity contribution < 1.29 is 9.53 Å². The standard InChI is InChI=1S/C25H32BrN7O2/c1-31-11-13-32(14-12-31)19-6-7-22(20(16-19)18-4-5-18)29-24-28-17-21(26)23(30-24)27-8-2-9-33-10-3-15-35-25(33)34/h3,6-7,15-18H,2,4-5,8-14H2,1H3,(H2,27,28,29,30). The lowest BCUT2D eigenvalue weighted by atomic mass is 10.1. The van der Waals surface area contributed by atoms with Gasteiger partial charge in [0, 0.05) is 63.4 Å². The van der Waals surface area contributed by atoms with Crippen LogP contribution in [0.1, 0.15) is 30.7 Å². The quantitative estimate of drug-likeness (QED) is 0.452. The highest BCUT2D eigenvalue weighted by Crippen LogP contribution is 2.45. The largest absolute Gasteiger partial charge is 0.418 e. The lowest BCUT2D eigenvalue weighted by molar-refractivity contribution is 0.133. The van der Waals surface area contributed by atoms with Gasteiger partial charge in [-0.2, -0.15) is 4.98 Å². The predicted molar refractivity (Wildman–Crippen MR) is 141 cm³/mol. The molecule has 1 saturated heterocycles. The molecule has 2 fully saturated rings. The number of carbonyl (C=O) groups excluding carboxylic acids is 1. The van der Waals surface area contributed by atoms with Crippen molar-refractivity contribution >= 4 is 45.2 Å². The second kappa shape index (κ2) is 10.8. The van der Waals surface area contributed by atoms with Crippen LogP contribution in [0.4, 0.5) is 27.9 Å². The number of halogens is 1. The zero-order valence-electron chi connectivity index (χ0n) is 20.0. The summed E-state index contributed by atoms with van der Waals surface area (Å²) in [5, 5.41) is 6.81. The average Bonchev–Trinajstić information content (AvgIpc) is 3.71. The Balaban J connectivity index is 1.22. The number of benzene rings is 1. The Bertz CT molecular complexity index is 1080. The molecule has 1 amide bonds.